The monoisotopic (exact) mass is 234 g/mol. The van der Waals surface area contributed by atoms with Crippen molar-refractivity contribution < 1.29 is 0 Å². The van der Waals surface area contributed by atoms with Crippen LogP contribution in [0.15, 0.2) is 6.33 Å². The van der Waals surface area contributed by atoms with Crippen molar-refractivity contribution in [2.45, 2.75) is 45.6 Å². The summed E-state index contributed by atoms with van der Waals surface area (Å²) in [6.07, 6.45) is 6.76. The molecular weight excluding hydrogens is 212 g/mol. The number of hydrogen-bond acceptors (Lipinski definition) is 4. The van der Waals surface area contributed by atoms with Gasteiger partial charge in [-0.15, -0.1) is 0 Å². The molecule has 1 aliphatic rings. The number of nitrogens with zero attached hydrogens (tertiary/aromatic N) is 2. The first-order valence-corrected chi connectivity index (χ1v) is 6.46. The maximum absolute atomic E-state index is 4.34. The van der Waals surface area contributed by atoms with E-state index in [4.69, 9.17) is 0 Å². The number of nitrogens with one attached hydrogen (secondary N) is 2. The first-order chi connectivity index (χ1) is 8.20. The lowest BCUT2D eigenvalue weighted by atomic mass is 9.87. The Balaban J connectivity index is 2.03. The van der Waals surface area contributed by atoms with Crippen molar-refractivity contribution in [3.05, 3.63) is 11.9 Å². The minimum absolute atomic E-state index is 0.574. The Morgan fingerprint density at radius 2 is 1.76 bits per heavy atom. The second kappa shape index (κ2) is 5.34. The predicted molar refractivity (Wildman–Crippen MR) is 71.4 cm³/mol. The van der Waals surface area contributed by atoms with Crippen molar-refractivity contribution in [1.82, 2.24) is 9.97 Å². The summed E-state index contributed by atoms with van der Waals surface area (Å²) in [5.41, 5.74) is 1.11. The van der Waals surface area contributed by atoms with Crippen LogP contribution in [0.25, 0.3) is 0 Å². The highest BCUT2D eigenvalue weighted by atomic mass is 15.1. The molecule has 0 amide bonds. The van der Waals surface area contributed by atoms with Crippen molar-refractivity contribution in [2.75, 3.05) is 17.7 Å². The van der Waals surface area contributed by atoms with Gasteiger partial charge < -0.3 is 10.6 Å². The third-order valence-electron chi connectivity index (χ3n) is 3.68. The van der Waals surface area contributed by atoms with Gasteiger partial charge in [0.15, 0.2) is 0 Å². The summed E-state index contributed by atoms with van der Waals surface area (Å²) in [7, 11) is 1.89. The third-order valence-corrected chi connectivity index (χ3v) is 3.68. The van der Waals surface area contributed by atoms with Gasteiger partial charge in [-0.3, -0.25) is 0 Å². The third kappa shape index (κ3) is 2.87. The molecule has 94 valence electrons. The quantitative estimate of drug-likeness (QED) is 0.844. The van der Waals surface area contributed by atoms with Gasteiger partial charge >= 0.3 is 0 Å². The van der Waals surface area contributed by atoms with Crippen molar-refractivity contribution in [1.29, 1.82) is 0 Å². The maximum atomic E-state index is 4.34. The van der Waals surface area contributed by atoms with E-state index in [9.17, 15) is 0 Å². The zero-order chi connectivity index (χ0) is 12.3. The van der Waals surface area contributed by atoms with Gasteiger partial charge in [-0.05, 0) is 38.5 Å². The zero-order valence-electron chi connectivity index (χ0n) is 11.0. The average Bonchev–Trinajstić information content (AvgIpc) is 2.35. The van der Waals surface area contributed by atoms with Crippen LogP contribution >= 0.6 is 0 Å². The topological polar surface area (TPSA) is 49.8 Å². The first kappa shape index (κ1) is 12.1. The van der Waals surface area contributed by atoms with Gasteiger partial charge in [0.2, 0.25) is 0 Å². The van der Waals surface area contributed by atoms with Gasteiger partial charge in [-0.1, -0.05) is 6.92 Å². The summed E-state index contributed by atoms with van der Waals surface area (Å²) >= 11 is 0. The Hall–Kier alpha value is -1.32. The van der Waals surface area contributed by atoms with Gasteiger partial charge in [-0.2, -0.15) is 0 Å². The van der Waals surface area contributed by atoms with Gasteiger partial charge in [0.25, 0.3) is 0 Å². The Bertz CT molecular complexity index is 370. The summed E-state index contributed by atoms with van der Waals surface area (Å²) in [4.78, 5) is 8.54. The molecule has 0 unspecified atom stereocenters. The van der Waals surface area contributed by atoms with Gasteiger partial charge in [0.05, 0.1) is 0 Å². The molecule has 0 aromatic carbocycles. The zero-order valence-corrected chi connectivity index (χ0v) is 11.0. The second-order valence-electron chi connectivity index (χ2n) is 5.05. The summed E-state index contributed by atoms with van der Waals surface area (Å²) in [5, 5.41) is 6.64. The number of rotatable bonds is 3. The Morgan fingerprint density at radius 1 is 1.12 bits per heavy atom. The van der Waals surface area contributed by atoms with Crippen molar-refractivity contribution in [2.24, 2.45) is 5.92 Å². The molecular formula is C13H22N4. The van der Waals surface area contributed by atoms with Crippen LogP contribution in [-0.2, 0) is 0 Å². The molecule has 17 heavy (non-hydrogen) atoms. The molecule has 4 nitrogen and oxygen atoms in total. The highest BCUT2D eigenvalue weighted by Gasteiger charge is 2.19. The fourth-order valence-corrected chi connectivity index (χ4v) is 2.45. The van der Waals surface area contributed by atoms with Crippen molar-refractivity contribution in [3.63, 3.8) is 0 Å². The molecule has 0 spiro atoms. The molecule has 4 heteroatoms. The molecule has 1 aliphatic carbocycles. The van der Waals surface area contributed by atoms with E-state index in [1.54, 1.807) is 6.33 Å². The molecule has 0 atom stereocenters. The van der Waals surface area contributed by atoms with Crippen LogP contribution in [0.3, 0.4) is 0 Å². The van der Waals surface area contributed by atoms with Crippen LogP contribution in [-0.4, -0.2) is 23.1 Å². The van der Waals surface area contributed by atoms with E-state index in [1.807, 2.05) is 7.05 Å². The molecule has 0 aliphatic heterocycles. The Morgan fingerprint density at radius 3 is 2.41 bits per heavy atom. The number of aromatic nitrogens is 2. The van der Waals surface area contributed by atoms with E-state index in [0.717, 1.165) is 23.1 Å². The van der Waals surface area contributed by atoms with Gasteiger partial charge in [0.1, 0.15) is 18.0 Å². The normalized spacial score (nSPS) is 24.4. The molecule has 1 heterocycles. The minimum atomic E-state index is 0.574. The minimum Gasteiger partial charge on any atom is -0.373 e. The highest BCUT2D eigenvalue weighted by Crippen LogP contribution is 2.27. The molecule has 1 saturated carbocycles. The fourth-order valence-electron chi connectivity index (χ4n) is 2.45. The lowest BCUT2D eigenvalue weighted by molar-refractivity contribution is 0.360. The van der Waals surface area contributed by atoms with Gasteiger partial charge in [0, 0.05) is 18.7 Å². The van der Waals surface area contributed by atoms with E-state index in [1.165, 1.54) is 25.7 Å². The predicted octanol–water partition coefficient (Wildman–Crippen LogP) is 2.82. The van der Waals surface area contributed by atoms with Crippen molar-refractivity contribution >= 4 is 11.6 Å². The molecule has 0 radical (unpaired) electrons. The molecule has 2 rings (SSSR count). The van der Waals surface area contributed by atoms with Crippen LogP contribution in [0.2, 0.25) is 0 Å². The SMILES string of the molecule is CNc1ncnc(NC2CCC(C)CC2)c1C. The van der Waals surface area contributed by atoms with E-state index in [-0.39, 0.29) is 0 Å². The summed E-state index contributed by atoms with van der Waals surface area (Å²) in [6.45, 7) is 4.39. The number of hydrogen-bond donors (Lipinski definition) is 2. The van der Waals surface area contributed by atoms with E-state index >= 15 is 0 Å². The van der Waals surface area contributed by atoms with Crippen molar-refractivity contribution in [3.8, 4) is 0 Å². The van der Waals surface area contributed by atoms with Crippen LogP contribution in [0.5, 0.6) is 0 Å². The molecule has 1 aromatic rings. The second-order valence-corrected chi connectivity index (χ2v) is 5.05. The number of anilines is 2. The molecule has 1 fully saturated rings. The van der Waals surface area contributed by atoms with E-state index in [2.05, 4.69) is 34.4 Å². The Kier molecular flexibility index (Phi) is 3.82. The molecule has 2 N–H and O–H groups in total. The molecule has 0 saturated heterocycles. The lowest BCUT2D eigenvalue weighted by Crippen LogP contribution is -2.26. The smallest absolute Gasteiger partial charge is 0.134 e. The largest absolute Gasteiger partial charge is 0.373 e. The first-order valence-electron chi connectivity index (χ1n) is 6.46. The van der Waals surface area contributed by atoms with Crippen LogP contribution < -0.4 is 10.6 Å². The standard InChI is InChI=1S/C13H22N4/c1-9-4-6-11(7-5-9)17-13-10(2)12(14-3)15-8-16-13/h8-9,11H,4-7H2,1-3H3,(H2,14,15,16,17). The molecule has 1 aromatic heterocycles. The van der Waals surface area contributed by atoms with E-state index < -0.39 is 0 Å². The fraction of sp³-hybridized carbons (Fsp3) is 0.692. The van der Waals surface area contributed by atoms with Crippen LogP contribution in [0.4, 0.5) is 11.6 Å². The maximum Gasteiger partial charge on any atom is 0.134 e. The van der Waals surface area contributed by atoms with Crippen LogP contribution in [0.1, 0.15) is 38.2 Å². The summed E-state index contributed by atoms with van der Waals surface area (Å²) in [6, 6.07) is 0.574. The van der Waals surface area contributed by atoms with Crippen LogP contribution in [0, 0.1) is 12.8 Å². The van der Waals surface area contributed by atoms with Gasteiger partial charge in [-0.25, -0.2) is 9.97 Å². The van der Waals surface area contributed by atoms with E-state index in [0.29, 0.717) is 6.04 Å². The Labute approximate surface area is 103 Å². The average molecular weight is 234 g/mol. The lowest BCUT2D eigenvalue weighted by Gasteiger charge is -2.27. The highest BCUT2D eigenvalue weighted by molar-refractivity contribution is 5.56. The summed E-state index contributed by atoms with van der Waals surface area (Å²) < 4.78 is 0. The molecule has 0 bridgehead atoms. The summed E-state index contributed by atoms with van der Waals surface area (Å²) in [5.74, 6) is 2.77.